The predicted octanol–water partition coefficient (Wildman–Crippen LogP) is 10.8. The fourth-order valence-corrected chi connectivity index (χ4v) is 22.8. The quantitative estimate of drug-likeness (QED) is 0.0588. The Hall–Kier alpha value is -4.90. The Morgan fingerprint density at radius 2 is 1.42 bits per heavy atom. The van der Waals surface area contributed by atoms with E-state index in [0.29, 0.717) is 23.7 Å². The van der Waals surface area contributed by atoms with E-state index in [2.05, 4.69) is 5.32 Å². The number of alkyl carbamates (subject to hydrolysis) is 1. The molecule has 18 nitrogen and oxygen atoms in total. The number of rotatable bonds is 19. The number of carbonyl (C=O) groups is 7. The Morgan fingerprint density at radius 3 is 1.90 bits per heavy atom. The summed E-state index contributed by atoms with van der Waals surface area (Å²) < 4.78 is 66.6. The summed E-state index contributed by atoms with van der Waals surface area (Å²) in [7, 11) is -5.82. The average molecular weight is 1140 g/mol. The van der Waals surface area contributed by atoms with Gasteiger partial charge in [0, 0.05) is 25.7 Å². The van der Waals surface area contributed by atoms with Gasteiger partial charge in [-0.15, -0.1) is 0 Å². The van der Waals surface area contributed by atoms with Crippen molar-refractivity contribution < 1.29 is 80.3 Å². The van der Waals surface area contributed by atoms with E-state index in [1.807, 2.05) is 76.2 Å². The number of benzene rings is 1. The van der Waals surface area contributed by atoms with Crippen LogP contribution in [-0.4, -0.2) is 131 Å². The van der Waals surface area contributed by atoms with Crippen LogP contribution < -0.4 is 5.32 Å². The maximum atomic E-state index is 16.8. The molecule has 0 aromatic heterocycles. The summed E-state index contributed by atoms with van der Waals surface area (Å²) in [5, 5.41) is 2.89. The van der Waals surface area contributed by atoms with Gasteiger partial charge in [-0.05, 0) is 107 Å². The zero-order valence-electron chi connectivity index (χ0n) is 50.4. The van der Waals surface area contributed by atoms with E-state index in [4.69, 9.17) is 46.7 Å². The standard InChI is InChI=1S/C59H89NO17Si2/c1-21-78(22-2,23-3)76-41-30-42-58(31-68-42,73-38(14)62)47-50(71-51(64)39-27-25-24-26-28-39)59-49(72-54(67)75-59)44(36(12)43(56(59,18)19)46(69-37(13)61)48(63)57(41,47)20)70-52(65)45(77-79(33(6)7,34(8)9)35(10)11)40(29-32(4)5)60-53(66)74-55(15,16)17/h24-29,33-35,40-42,44-47,49-50H,21-23,30-31H2,1-20H3,(H,60,66)/t40-,41-,42+,44+,45+,46+,47?,49-,50-,57+,58-,59+/m0/s1. The number of Topliss-reactive ketones (excluding diaryl/α,β-unsaturated/α-hetero) is 1. The van der Waals surface area contributed by atoms with Crippen molar-refractivity contribution in [2.75, 3.05) is 6.61 Å². The van der Waals surface area contributed by atoms with Crippen LogP contribution in [0.1, 0.15) is 155 Å². The summed E-state index contributed by atoms with van der Waals surface area (Å²) in [6, 6.07) is 8.89. The van der Waals surface area contributed by atoms with Gasteiger partial charge >= 0.3 is 36.1 Å². The molecule has 6 rings (SSSR count). The fourth-order valence-electron chi connectivity index (χ4n) is 14.3. The van der Waals surface area contributed by atoms with E-state index >= 15 is 14.4 Å². The van der Waals surface area contributed by atoms with Crippen LogP contribution in [0.25, 0.3) is 0 Å². The lowest BCUT2D eigenvalue weighted by molar-refractivity contribution is -0.344. The van der Waals surface area contributed by atoms with Crippen LogP contribution in [0.4, 0.5) is 9.59 Å². The normalized spacial score (nSPS) is 29.9. The number of carbonyl (C=O) groups excluding carboxylic acids is 7. The van der Waals surface area contributed by atoms with Gasteiger partial charge in [-0.1, -0.05) is 106 Å². The second-order valence-corrected chi connectivity index (χ2v) is 35.4. The highest BCUT2D eigenvalue weighted by atomic mass is 28.4. The second-order valence-electron chi connectivity index (χ2n) is 25.3. The number of fused-ring (bicyclic) bond motifs is 4. The number of amides is 1. The zero-order chi connectivity index (χ0) is 59.3. The molecule has 1 aromatic carbocycles. The van der Waals surface area contributed by atoms with Crippen molar-refractivity contribution in [1.29, 1.82) is 0 Å². The molecule has 2 aliphatic heterocycles. The predicted molar refractivity (Wildman–Crippen MR) is 298 cm³/mol. The van der Waals surface area contributed by atoms with Crippen molar-refractivity contribution in [3.8, 4) is 0 Å². The topological polar surface area (TPSA) is 224 Å². The van der Waals surface area contributed by atoms with Gasteiger partial charge in [0.2, 0.25) is 13.9 Å². The first-order valence-corrected chi connectivity index (χ1v) is 32.9. The SMILES string of the molecule is CC[Si](CC)(CC)O[C@H]1C[C@H]2OC[C@@]2(OC(C)=O)C2[C@H](OC(=O)c3ccccc3)[C@]34OC(=O)O[C@H]3[C@H](OC(=O)[C@H](O[Si](C(C)C)(C(C)C)C(C)C)[C@H](C=C(C)C)NC(=O)OC(C)(C)C)C(C)=C([C@@H](OC(C)=O)C(=O)[C@@]21C)C4(C)C. The Bertz CT molecular complexity index is 2530. The van der Waals surface area contributed by atoms with Gasteiger partial charge in [0.15, 0.2) is 50.2 Å². The number of hydrogen-bond acceptors (Lipinski definition) is 17. The fraction of sp³-hybridized carbons (Fsp3) is 0.712. The van der Waals surface area contributed by atoms with Gasteiger partial charge < -0.3 is 52.1 Å². The zero-order valence-corrected chi connectivity index (χ0v) is 52.4. The van der Waals surface area contributed by atoms with E-state index in [-0.39, 0.29) is 46.4 Å². The summed E-state index contributed by atoms with van der Waals surface area (Å²) in [6.45, 7) is 35.9. The minimum atomic E-state index is -3.10. The Balaban J connectivity index is 1.74. The highest BCUT2D eigenvalue weighted by Crippen LogP contribution is 2.67. The van der Waals surface area contributed by atoms with Gasteiger partial charge in [0.05, 0.1) is 35.6 Å². The van der Waals surface area contributed by atoms with E-state index < -0.39 is 141 Å². The molecule has 5 aliphatic rings. The minimum Gasteiger partial charge on any atom is -0.454 e. The molecule has 2 saturated carbocycles. The van der Waals surface area contributed by atoms with Crippen molar-refractivity contribution in [3.63, 3.8) is 0 Å². The third kappa shape index (κ3) is 11.1. The molecule has 1 aromatic rings. The lowest BCUT2D eigenvalue weighted by Gasteiger charge is -2.68. The molecule has 1 spiro atoms. The molecule has 1 unspecified atom stereocenters. The molecule has 1 N–H and O–H groups in total. The maximum Gasteiger partial charge on any atom is 0.509 e. The van der Waals surface area contributed by atoms with E-state index in [1.165, 1.54) is 13.8 Å². The van der Waals surface area contributed by atoms with Gasteiger partial charge in [-0.3, -0.25) is 14.4 Å². The molecule has 440 valence electrons. The van der Waals surface area contributed by atoms with Gasteiger partial charge in [0.1, 0.15) is 11.7 Å². The molecule has 3 aliphatic carbocycles. The van der Waals surface area contributed by atoms with E-state index in [9.17, 15) is 19.2 Å². The Morgan fingerprint density at radius 1 is 0.835 bits per heavy atom. The largest absolute Gasteiger partial charge is 0.509 e. The van der Waals surface area contributed by atoms with Crippen LogP contribution in [0, 0.1) is 16.7 Å². The number of ketones is 1. The maximum absolute atomic E-state index is 16.8. The van der Waals surface area contributed by atoms with Crippen LogP contribution >= 0.6 is 0 Å². The third-order valence-electron chi connectivity index (χ3n) is 18.0. The summed E-state index contributed by atoms with van der Waals surface area (Å²) in [5.41, 5.74) is -7.85. The highest BCUT2D eigenvalue weighted by Gasteiger charge is 2.83. The Labute approximate surface area is 469 Å². The molecule has 0 radical (unpaired) electrons. The van der Waals surface area contributed by atoms with Crippen molar-refractivity contribution >= 4 is 58.5 Å². The lowest BCUT2D eigenvalue weighted by Crippen LogP contribution is -2.83. The minimum absolute atomic E-state index is 0.0425. The van der Waals surface area contributed by atoms with Crippen LogP contribution in [0.3, 0.4) is 0 Å². The summed E-state index contributed by atoms with van der Waals surface area (Å²) in [6.07, 6.45) is -10.9. The molecule has 20 heteroatoms. The van der Waals surface area contributed by atoms with Crippen molar-refractivity contribution in [2.45, 2.75) is 245 Å². The smallest absolute Gasteiger partial charge is 0.454 e. The Kier molecular flexibility index (Phi) is 18.6. The molecule has 2 bridgehead atoms. The number of nitrogens with one attached hydrogen (secondary N) is 1. The summed E-state index contributed by atoms with van der Waals surface area (Å²) in [5.74, 6) is -5.66. The van der Waals surface area contributed by atoms with Gasteiger partial charge in [-0.2, -0.15) is 0 Å². The number of ether oxygens (including phenoxy) is 8. The van der Waals surface area contributed by atoms with E-state index in [1.54, 1.807) is 84.9 Å². The summed E-state index contributed by atoms with van der Waals surface area (Å²) >= 11 is 0. The first kappa shape index (κ1) is 63.3. The first-order chi connectivity index (χ1) is 36.6. The third-order valence-corrected chi connectivity index (χ3v) is 28.7. The van der Waals surface area contributed by atoms with Crippen molar-refractivity contribution in [1.82, 2.24) is 5.32 Å². The van der Waals surface area contributed by atoms with Crippen molar-refractivity contribution in [2.24, 2.45) is 16.7 Å². The molecule has 4 fully saturated rings. The molecule has 2 heterocycles. The second kappa shape index (κ2) is 23.2. The van der Waals surface area contributed by atoms with Gasteiger partial charge in [-0.25, -0.2) is 19.2 Å². The molecule has 79 heavy (non-hydrogen) atoms. The monoisotopic (exact) mass is 1140 g/mol. The van der Waals surface area contributed by atoms with Crippen LogP contribution in [0.2, 0.25) is 34.8 Å². The van der Waals surface area contributed by atoms with Crippen LogP contribution in [0.5, 0.6) is 0 Å². The number of esters is 4. The molecule has 1 amide bonds. The molecule has 2 saturated heterocycles. The lowest BCUT2D eigenvalue weighted by atomic mass is 9.44. The molecular formula is C59H89NO17Si2. The van der Waals surface area contributed by atoms with Crippen LogP contribution in [0.15, 0.2) is 53.1 Å². The average Bonchev–Trinajstić information content (AvgIpc) is 2.91. The first-order valence-electron chi connectivity index (χ1n) is 28.2. The summed E-state index contributed by atoms with van der Waals surface area (Å²) in [4.78, 5) is 104. The highest BCUT2D eigenvalue weighted by molar-refractivity contribution is 6.77. The number of allylic oxidation sites excluding steroid dienone is 1. The van der Waals surface area contributed by atoms with Gasteiger partial charge in [0.25, 0.3) is 0 Å². The molecule has 12 atom stereocenters. The van der Waals surface area contributed by atoms with E-state index in [0.717, 1.165) is 0 Å². The molecular weight excluding hydrogens is 1050 g/mol. The van der Waals surface area contributed by atoms with Crippen molar-refractivity contribution in [3.05, 3.63) is 58.7 Å². The van der Waals surface area contributed by atoms with Crippen LogP contribution in [-0.2, 0) is 65.9 Å². The number of hydrogen-bond donors (Lipinski definition) is 1.